The molecule has 0 aromatic heterocycles. The highest BCUT2D eigenvalue weighted by molar-refractivity contribution is 5.39. The normalized spacial score (nSPS) is 14.7. The van der Waals surface area contributed by atoms with Gasteiger partial charge in [-0.05, 0) is 27.2 Å². The predicted octanol–water partition coefficient (Wildman–Crippen LogP) is 2.39. The highest BCUT2D eigenvalue weighted by Gasteiger charge is 2.41. The Morgan fingerprint density at radius 1 is 1.07 bits per heavy atom. The Morgan fingerprint density at radius 3 is 2.00 bits per heavy atom. The third-order valence-electron chi connectivity index (χ3n) is 2.95. The molecule has 0 aromatic rings. The number of carbonyl (C=O) groups excluding carboxylic acids is 2. The highest BCUT2D eigenvalue weighted by atomic mass is 16.1. The predicted molar refractivity (Wildman–Crippen MR) is 58.3 cm³/mol. The van der Waals surface area contributed by atoms with Gasteiger partial charge in [-0.3, -0.25) is 0 Å². The molecule has 1 unspecified atom stereocenters. The molecule has 0 radical (unpaired) electrons. The summed E-state index contributed by atoms with van der Waals surface area (Å²) in [7, 11) is 0. The molecule has 0 N–H and O–H groups in total. The van der Waals surface area contributed by atoms with Crippen LogP contribution >= 0.6 is 0 Å². The van der Waals surface area contributed by atoms with Crippen LogP contribution in [-0.4, -0.2) is 23.2 Å². The lowest BCUT2D eigenvalue weighted by Gasteiger charge is -2.35. The monoisotopic (exact) mass is 210 g/mol. The number of hydrogen-bond donors (Lipinski definition) is 0. The standard InChI is InChI=1S/C11H18N2O2/c1-5-6-7-11(4,13-9-15)10(2,3)12-8-14/h5-7H2,1-4H3. The van der Waals surface area contributed by atoms with Gasteiger partial charge in [-0.2, -0.15) is 9.98 Å². The van der Waals surface area contributed by atoms with Crippen molar-refractivity contribution in [2.75, 3.05) is 0 Å². The average Bonchev–Trinajstić information content (AvgIpc) is 2.15. The lowest BCUT2D eigenvalue weighted by atomic mass is 9.78. The van der Waals surface area contributed by atoms with Crippen molar-refractivity contribution in [1.82, 2.24) is 0 Å². The lowest BCUT2D eigenvalue weighted by Crippen LogP contribution is -2.44. The Bertz CT molecular complexity index is 300. The van der Waals surface area contributed by atoms with E-state index >= 15 is 0 Å². The summed E-state index contributed by atoms with van der Waals surface area (Å²) < 4.78 is 0. The van der Waals surface area contributed by atoms with E-state index in [-0.39, 0.29) is 0 Å². The summed E-state index contributed by atoms with van der Waals surface area (Å²) in [6, 6.07) is 0. The second kappa shape index (κ2) is 5.59. The summed E-state index contributed by atoms with van der Waals surface area (Å²) in [5, 5.41) is 0. The summed E-state index contributed by atoms with van der Waals surface area (Å²) >= 11 is 0. The Morgan fingerprint density at radius 2 is 1.60 bits per heavy atom. The minimum atomic E-state index is -0.721. The molecule has 0 amide bonds. The molecule has 0 aliphatic carbocycles. The van der Waals surface area contributed by atoms with Gasteiger partial charge in [0.15, 0.2) is 0 Å². The SMILES string of the molecule is CCCCC(C)(N=C=O)C(C)(C)N=C=O. The molecular formula is C11H18N2O2. The fourth-order valence-electron chi connectivity index (χ4n) is 1.35. The third-order valence-corrected chi connectivity index (χ3v) is 2.95. The topological polar surface area (TPSA) is 58.9 Å². The van der Waals surface area contributed by atoms with E-state index in [9.17, 15) is 9.59 Å². The van der Waals surface area contributed by atoms with E-state index in [1.165, 1.54) is 6.08 Å². The van der Waals surface area contributed by atoms with Crippen LogP contribution in [0, 0.1) is 0 Å². The molecule has 0 aliphatic rings. The molecular weight excluding hydrogens is 192 g/mol. The lowest BCUT2D eigenvalue weighted by molar-refractivity contribution is 0.263. The second-order valence-corrected chi connectivity index (χ2v) is 4.34. The second-order valence-electron chi connectivity index (χ2n) is 4.34. The molecule has 0 saturated carbocycles. The van der Waals surface area contributed by atoms with Crippen LogP contribution in [0.15, 0.2) is 9.98 Å². The molecule has 0 rings (SSSR count). The van der Waals surface area contributed by atoms with Gasteiger partial charge in [0.05, 0.1) is 11.1 Å². The van der Waals surface area contributed by atoms with Gasteiger partial charge in [0.2, 0.25) is 12.2 Å². The van der Waals surface area contributed by atoms with Gasteiger partial charge >= 0.3 is 0 Å². The maximum atomic E-state index is 10.4. The molecule has 4 heteroatoms. The van der Waals surface area contributed by atoms with Crippen LogP contribution < -0.4 is 0 Å². The van der Waals surface area contributed by atoms with E-state index in [2.05, 4.69) is 16.9 Å². The molecule has 84 valence electrons. The van der Waals surface area contributed by atoms with Crippen molar-refractivity contribution < 1.29 is 9.59 Å². The summed E-state index contributed by atoms with van der Waals surface area (Å²) in [5.41, 5.74) is -1.40. The number of hydrogen-bond acceptors (Lipinski definition) is 4. The van der Waals surface area contributed by atoms with Gasteiger partial charge in [0.1, 0.15) is 0 Å². The molecule has 0 fully saturated rings. The van der Waals surface area contributed by atoms with Crippen LogP contribution in [0.5, 0.6) is 0 Å². The molecule has 4 nitrogen and oxygen atoms in total. The first-order chi connectivity index (χ1) is 6.93. The number of rotatable bonds is 6. The minimum absolute atomic E-state index is 0.678. The number of aliphatic imine (C=N–C) groups is 2. The number of isocyanates is 2. The van der Waals surface area contributed by atoms with Gasteiger partial charge in [0.25, 0.3) is 0 Å². The van der Waals surface area contributed by atoms with Gasteiger partial charge in [-0.1, -0.05) is 19.8 Å². The van der Waals surface area contributed by atoms with Crippen LogP contribution in [0.1, 0.15) is 47.0 Å². The maximum Gasteiger partial charge on any atom is 0.235 e. The maximum absolute atomic E-state index is 10.4. The van der Waals surface area contributed by atoms with Crippen molar-refractivity contribution in [2.24, 2.45) is 9.98 Å². The first-order valence-electron chi connectivity index (χ1n) is 5.11. The summed E-state index contributed by atoms with van der Waals surface area (Å²) in [6.07, 6.45) is 5.74. The van der Waals surface area contributed by atoms with Crippen molar-refractivity contribution in [2.45, 2.75) is 58.0 Å². The molecule has 0 spiro atoms. The fourth-order valence-corrected chi connectivity index (χ4v) is 1.35. The van der Waals surface area contributed by atoms with Crippen LogP contribution in [0.2, 0.25) is 0 Å². The zero-order chi connectivity index (χ0) is 11.9. The van der Waals surface area contributed by atoms with Gasteiger partial charge < -0.3 is 0 Å². The number of unbranched alkanes of at least 4 members (excludes halogenated alkanes) is 1. The molecule has 0 heterocycles. The molecule has 15 heavy (non-hydrogen) atoms. The zero-order valence-corrected chi connectivity index (χ0v) is 9.83. The average molecular weight is 210 g/mol. The first-order valence-corrected chi connectivity index (χ1v) is 5.11. The Balaban J connectivity index is 5.07. The van der Waals surface area contributed by atoms with E-state index in [1.807, 2.05) is 6.92 Å². The summed E-state index contributed by atoms with van der Waals surface area (Å²) in [4.78, 5) is 28.2. The van der Waals surface area contributed by atoms with E-state index in [4.69, 9.17) is 0 Å². The van der Waals surface area contributed by atoms with E-state index in [1.54, 1.807) is 19.9 Å². The first kappa shape index (κ1) is 13.8. The number of nitrogens with zero attached hydrogens (tertiary/aromatic N) is 2. The van der Waals surface area contributed by atoms with Crippen LogP contribution in [0.25, 0.3) is 0 Å². The van der Waals surface area contributed by atoms with Crippen LogP contribution in [-0.2, 0) is 9.59 Å². The van der Waals surface area contributed by atoms with Crippen molar-refractivity contribution in [3.05, 3.63) is 0 Å². The van der Waals surface area contributed by atoms with Crippen molar-refractivity contribution in [3.63, 3.8) is 0 Å². The molecule has 0 aliphatic heterocycles. The molecule has 0 aromatic carbocycles. The van der Waals surface area contributed by atoms with Gasteiger partial charge in [0, 0.05) is 0 Å². The van der Waals surface area contributed by atoms with Gasteiger partial charge in [-0.15, -0.1) is 0 Å². The summed E-state index contributed by atoms with van der Waals surface area (Å²) in [6.45, 7) is 7.41. The molecule has 0 bridgehead atoms. The van der Waals surface area contributed by atoms with E-state index < -0.39 is 11.1 Å². The minimum Gasteiger partial charge on any atom is -0.211 e. The van der Waals surface area contributed by atoms with Crippen LogP contribution in [0.3, 0.4) is 0 Å². The Hall–Kier alpha value is -1.24. The van der Waals surface area contributed by atoms with Crippen molar-refractivity contribution >= 4 is 12.2 Å². The Labute approximate surface area is 90.5 Å². The van der Waals surface area contributed by atoms with E-state index in [0.717, 1.165) is 12.8 Å². The van der Waals surface area contributed by atoms with Crippen molar-refractivity contribution in [1.29, 1.82) is 0 Å². The molecule has 0 saturated heterocycles. The van der Waals surface area contributed by atoms with Crippen LogP contribution in [0.4, 0.5) is 0 Å². The van der Waals surface area contributed by atoms with Crippen molar-refractivity contribution in [3.8, 4) is 0 Å². The smallest absolute Gasteiger partial charge is 0.211 e. The van der Waals surface area contributed by atoms with Gasteiger partial charge in [-0.25, -0.2) is 9.59 Å². The highest BCUT2D eigenvalue weighted by Crippen LogP contribution is 2.33. The zero-order valence-electron chi connectivity index (χ0n) is 9.83. The fraction of sp³-hybridized carbons (Fsp3) is 0.818. The Kier molecular flexibility index (Phi) is 5.13. The summed E-state index contributed by atoms with van der Waals surface area (Å²) in [5.74, 6) is 0. The largest absolute Gasteiger partial charge is 0.235 e. The molecule has 1 atom stereocenters. The third kappa shape index (κ3) is 3.43. The quantitative estimate of drug-likeness (QED) is 0.499. The van der Waals surface area contributed by atoms with E-state index in [0.29, 0.717) is 6.42 Å².